The van der Waals surface area contributed by atoms with E-state index < -0.39 is 15.7 Å². The van der Waals surface area contributed by atoms with E-state index in [0.29, 0.717) is 5.92 Å². The third-order valence-corrected chi connectivity index (χ3v) is 7.84. The standard InChI is InChI=1S/C22H22FN3O2S.ClH/c23-18-4-2-5-19(10-18)29(27,28)20-9-15-3-1-6-21(22(15)25-13-20)26-8-7-16-11-24-12-17(16)14-26;/h1-6,9-10,13,16-17,24H,7-8,11-12,14H2;1H. The molecular weight excluding hydrogens is 425 g/mol. The fraction of sp³-hybridized carbons (Fsp3) is 0.318. The Kier molecular flexibility index (Phi) is 5.70. The minimum absolute atomic E-state index is 0. The Morgan fingerprint density at radius 3 is 2.67 bits per heavy atom. The number of hydrogen-bond donors (Lipinski definition) is 1. The zero-order valence-electron chi connectivity index (χ0n) is 16.3. The van der Waals surface area contributed by atoms with E-state index in [1.807, 2.05) is 12.1 Å². The molecule has 1 N–H and O–H groups in total. The molecule has 3 aromatic rings. The molecule has 30 heavy (non-hydrogen) atoms. The summed E-state index contributed by atoms with van der Waals surface area (Å²) in [4.78, 5) is 6.90. The Morgan fingerprint density at radius 2 is 1.83 bits per heavy atom. The van der Waals surface area contributed by atoms with Gasteiger partial charge >= 0.3 is 0 Å². The third kappa shape index (κ3) is 3.66. The molecule has 0 spiro atoms. The summed E-state index contributed by atoms with van der Waals surface area (Å²) in [6, 6.07) is 12.6. The Morgan fingerprint density at radius 1 is 1.03 bits per heavy atom. The van der Waals surface area contributed by atoms with Gasteiger partial charge in [0.25, 0.3) is 0 Å². The molecule has 2 unspecified atom stereocenters. The Bertz CT molecular complexity index is 1190. The zero-order valence-corrected chi connectivity index (χ0v) is 17.9. The van der Waals surface area contributed by atoms with Crippen molar-refractivity contribution in [2.45, 2.75) is 16.2 Å². The van der Waals surface area contributed by atoms with E-state index in [1.54, 1.807) is 6.07 Å². The largest absolute Gasteiger partial charge is 0.369 e. The second-order valence-corrected chi connectivity index (χ2v) is 9.84. The maximum absolute atomic E-state index is 13.5. The third-order valence-electron chi connectivity index (χ3n) is 6.13. The van der Waals surface area contributed by atoms with Crippen LogP contribution in [0.4, 0.5) is 10.1 Å². The maximum atomic E-state index is 13.5. The van der Waals surface area contributed by atoms with Gasteiger partial charge in [0.1, 0.15) is 5.82 Å². The minimum Gasteiger partial charge on any atom is -0.369 e. The van der Waals surface area contributed by atoms with E-state index in [-0.39, 0.29) is 22.2 Å². The molecule has 2 aliphatic heterocycles. The van der Waals surface area contributed by atoms with Crippen molar-refractivity contribution in [3.05, 3.63) is 60.5 Å². The molecular formula is C22H23ClFN3O2S. The number of aromatic nitrogens is 1. The van der Waals surface area contributed by atoms with E-state index in [1.165, 1.54) is 24.4 Å². The van der Waals surface area contributed by atoms with Gasteiger partial charge in [0, 0.05) is 24.7 Å². The van der Waals surface area contributed by atoms with Crippen molar-refractivity contribution in [1.82, 2.24) is 10.3 Å². The SMILES string of the molecule is Cl.O=S(=O)(c1cccc(F)c1)c1cnc2c(N3CCC4CNCC4C3)cccc2c1. The van der Waals surface area contributed by atoms with E-state index in [9.17, 15) is 12.8 Å². The lowest BCUT2D eigenvalue weighted by Gasteiger charge is -2.36. The number of benzene rings is 2. The molecule has 2 fully saturated rings. The van der Waals surface area contributed by atoms with Crippen LogP contribution in [0.2, 0.25) is 0 Å². The maximum Gasteiger partial charge on any atom is 0.208 e. The Hall–Kier alpha value is -2.22. The van der Waals surface area contributed by atoms with Crippen LogP contribution >= 0.6 is 12.4 Å². The number of anilines is 1. The van der Waals surface area contributed by atoms with Crippen molar-refractivity contribution < 1.29 is 12.8 Å². The monoisotopic (exact) mass is 447 g/mol. The predicted molar refractivity (Wildman–Crippen MR) is 118 cm³/mol. The molecule has 0 bridgehead atoms. The number of hydrogen-bond acceptors (Lipinski definition) is 5. The highest BCUT2D eigenvalue weighted by Crippen LogP contribution is 2.34. The summed E-state index contributed by atoms with van der Waals surface area (Å²) in [5.41, 5.74) is 1.85. The van der Waals surface area contributed by atoms with Crippen LogP contribution < -0.4 is 10.2 Å². The molecule has 0 aliphatic carbocycles. The van der Waals surface area contributed by atoms with Crippen LogP contribution in [0.15, 0.2) is 64.5 Å². The summed E-state index contributed by atoms with van der Waals surface area (Å²) in [7, 11) is -3.83. The average Bonchev–Trinajstić information content (AvgIpc) is 3.20. The first-order valence-corrected chi connectivity index (χ1v) is 11.4. The number of sulfone groups is 1. The quantitative estimate of drug-likeness (QED) is 0.663. The molecule has 2 aromatic carbocycles. The van der Waals surface area contributed by atoms with Gasteiger partial charge in [0.05, 0.1) is 21.0 Å². The minimum atomic E-state index is -3.83. The van der Waals surface area contributed by atoms with Gasteiger partial charge in [0.2, 0.25) is 9.84 Å². The van der Waals surface area contributed by atoms with E-state index in [4.69, 9.17) is 0 Å². The first kappa shape index (κ1) is 21.0. The van der Waals surface area contributed by atoms with Crippen LogP contribution in [0.5, 0.6) is 0 Å². The normalized spacial score (nSPS) is 21.3. The van der Waals surface area contributed by atoms with Gasteiger partial charge in [-0.1, -0.05) is 18.2 Å². The number of rotatable bonds is 3. The van der Waals surface area contributed by atoms with Crippen LogP contribution in [0.1, 0.15) is 6.42 Å². The molecule has 0 amide bonds. The number of para-hydroxylation sites is 1. The van der Waals surface area contributed by atoms with Crippen molar-refractivity contribution in [2.24, 2.45) is 11.8 Å². The highest BCUT2D eigenvalue weighted by Gasteiger charge is 2.33. The molecule has 2 aliphatic rings. The lowest BCUT2D eigenvalue weighted by Crippen LogP contribution is -2.40. The van der Waals surface area contributed by atoms with E-state index in [2.05, 4.69) is 21.3 Å². The smallest absolute Gasteiger partial charge is 0.208 e. The van der Waals surface area contributed by atoms with Gasteiger partial charge in [-0.3, -0.25) is 4.98 Å². The molecule has 0 radical (unpaired) electrons. The first-order chi connectivity index (χ1) is 14.0. The van der Waals surface area contributed by atoms with Crippen LogP contribution in [0, 0.1) is 17.7 Å². The summed E-state index contributed by atoms with van der Waals surface area (Å²) < 4.78 is 39.4. The number of halogens is 2. The summed E-state index contributed by atoms with van der Waals surface area (Å²) >= 11 is 0. The van der Waals surface area contributed by atoms with Gasteiger partial charge in [-0.05, 0) is 61.7 Å². The van der Waals surface area contributed by atoms with Gasteiger partial charge in [0.15, 0.2) is 0 Å². The van der Waals surface area contributed by atoms with Gasteiger partial charge < -0.3 is 10.2 Å². The number of piperidine rings is 1. The number of nitrogens with one attached hydrogen (secondary N) is 1. The van der Waals surface area contributed by atoms with Crippen molar-refractivity contribution in [3.8, 4) is 0 Å². The van der Waals surface area contributed by atoms with Crippen molar-refractivity contribution >= 4 is 38.8 Å². The van der Waals surface area contributed by atoms with Gasteiger partial charge in [-0.2, -0.15) is 0 Å². The molecule has 1 aromatic heterocycles. The van der Waals surface area contributed by atoms with Crippen LogP contribution in [0.3, 0.4) is 0 Å². The summed E-state index contributed by atoms with van der Waals surface area (Å²) in [5.74, 6) is 0.816. The fourth-order valence-corrected chi connectivity index (χ4v) is 5.82. The van der Waals surface area contributed by atoms with Crippen molar-refractivity contribution in [3.63, 3.8) is 0 Å². The predicted octanol–water partition coefficient (Wildman–Crippen LogP) is 3.67. The summed E-state index contributed by atoms with van der Waals surface area (Å²) in [6.45, 7) is 4.12. The number of fused-ring (bicyclic) bond motifs is 2. The summed E-state index contributed by atoms with van der Waals surface area (Å²) in [5, 5.41) is 4.25. The van der Waals surface area contributed by atoms with Crippen molar-refractivity contribution in [1.29, 1.82) is 0 Å². The molecule has 2 saturated heterocycles. The highest BCUT2D eigenvalue weighted by atomic mass is 35.5. The van der Waals surface area contributed by atoms with Crippen LogP contribution in [0.25, 0.3) is 10.9 Å². The van der Waals surface area contributed by atoms with Gasteiger partial charge in [-0.25, -0.2) is 12.8 Å². The van der Waals surface area contributed by atoms with E-state index in [0.717, 1.165) is 61.2 Å². The molecule has 158 valence electrons. The zero-order chi connectivity index (χ0) is 20.0. The summed E-state index contributed by atoms with van der Waals surface area (Å²) in [6.07, 6.45) is 2.54. The van der Waals surface area contributed by atoms with Crippen LogP contribution in [-0.4, -0.2) is 39.6 Å². The average molecular weight is 448 g/mol. The van der Waals surface area contributed by atoms with E-state index >= 15 is 0 Å². The topological polar surface area (TPSA) is 62.3 Å². The van der Waals surface area contributed by atoms with Crippen LogP contribution in [-0.2, 0) is 9.84 Å². The molecule has 5 rings (SSSR count). The molecule has 8 heteroatoms. The lowest BCUT2D eigenvalue weighted by atomic mass is 9.88. The van der Waals surface area contributed by atoms with Gasteiger partial charge in [-0.15, -0.1) is 12.4 Å². The molecule has 3 heterocycles. The number of nitrogens with zero attached hydrogens (tertiary/aromatic N) is 2. The second-order valence-electron chi connectivity index (χ2n) is 7.89. The number of pyridine rings is 1. The van der Waals surface area contributed by atoms with Crippen molar-refractivity contribution in [2.75, 3.05) is 31.1 Å². The molecule has 5 nitrogen and oxygen atoms in total. The fourth-order valence-electron chi connectivity index (χ4n) is 4.55. The first-order valence-electron chi connectivity index (χ1n) is 9.87. The highest BCUT2D eigenvalue weighted by molar-refractivity contribution is 7.91. The lowest BCUT2D eigenvalue weighted by molar-refractivity contribution is 0.349. The second kappa shape index (κ2) is 8.13. The Balaban J connectivity index is 0.00000218. The Labute approximate surface area is 181 Å². The molecule has 2 atom stereocenters. The molecule has 0 saturated carbocycles.